The highest BCUT2D eigenvalue weighted by Crippen LogP contribution is 2.57. The van der Waals surface area contributed by atoms with E-state index in [1.165, 1.54) is 23.7 Å². The quantitative estimate of drug-likeness (QED) is 0.718. The van der Waals surface area contributed by atoms with E-state index in [0.717, 1.165) is 21.2 Å². The van der Waals surface area contributed by atoms with E-state index in [9.17, 15) is 14.9 Å². The standard InChI is InChI=1S/C22H17N3O3S/c1-24-20(26)18-17(12-7-9-13(28-2)10-8-12)14(11-23)22-25(19(18)21(24)27)15-5-3-4-6-16(15)29-22/h3-10,17-19H,1-2H3/t17-,18-,19+/m1/s1. The number of hydrogen-bond acceptors (Lipinski definition) is 6. The van der Waals surface area contributed by atoms with Crippen LogP contribution in [0.25, 0.3) is 0 Å². The summed E-state index contributed by atoms with van der Waals surface area (Å²) >= 11 is 1.49. The molecule has 0 N–H and O–H groups in total. The molecule has 1 saturated heterocycles. The summed E-state index contributed by atoms with van der Waals surface area (Å²) in [6.07, 6.45) is 0. The van der Waals surface area contributed by atoms with Gasteiger partial charge in [-0.05, 0) is 29.8 Å². The smallest absolute Gasteiger partial charge is 0.252 e. The van der Waals surface area contributed by atoms with Crippen LogP contribution >= 0.6 is 11.8 Å². The van der Waals surface area contributed by atoms with Crippen LogP contribution in [0.5, 0.6) is 5.75 Å². The van der Waals surface area contributed by atoms with E-state index >= 15 is 0 Å². The molecule has 0 aromatic heterocycles. The van der Waals surface area contributed by atoms with E-state index in [1.807, 2.05) is 53.4 Å². The van der Waals surface area contributed by atoms with Gasteiger partial charge in [-0.3, -0.25) is 14.5 Å². The van der Waals surface area contributed by atoms with Crippen LogP contribution in [-0.2, 0) is 9.59 Å². The van der Waals surface area contributed by atoms with E-state index in [2.05, 4.69) is 6.07 Å². The first-order valence-electron chi connectivity index (χ1n) is 9.22. The van der Waals surface area contributed by atoms with Gasteiger partial charge in [0.25, 0.3) is 5.91 Å². The van der Waals surface area contributed by atoms with Gasteiger partial charge in [-0.15, -0.1) is 0 Å². The number of nitrogens with zero attached hydrogens (tertiary/aromatic N) is 3. The second-order valence-corrected chi connectivity index (χ2v) is 8.26. The lowest BCUT2D eigenvalue weighted by Crippen LogP contribution is -2.47. The van der Waals surface area contributed by atoms with Crippen LogP contribution < -0.4 is 9.64 Å². The zero-order valence-corrected chi connectivity index (χ0v) is 16.6. The van der Waals surface area contributed by atoms with Crippen LogP contribution in [-0.4, -0.2) is 36.9 Å². The third-order valence-corrected chi connectivity index (χ3v) is 7.04. The summed E-state index contributed by atoms with van der Waals surface area (Å²) in [5.74, 6) is -0.911. The fourth-order valence-corrected chi connectivity index (χ4v) is 5.72. The Kier molecular flexibility index (Phi) is 3.93. The van der Waals surface area contributed by atoms with Crippen molar-refractivity contribution in [3.05, 3.63) is 64.7 Å². The summed E-state index contributed by atoms with van der Waals surface area (Å²) < 4.78 is 5.24. The molecule has 3 heterocycles. The zero-order valence-electron chi connectivity index (χ0n) is 15.8. The number of nitriles is 1. The van der Waals surface area contributed by atoms with Crippen molar-refractivity contribution in [2.75, 3.05) is 19.1 Å². The van der Waals surface area contributed by atoms with E-state index in [-0.39, 0.29) is 11.8 Å². The van der Waals surface area contributed by atoms with E-state index in [4.69, 9.17) is 4.74 Å². The summed E-state index contributed by atoms with van der Waals surface area (Å²) in [6.45, 7) is 0. The van der Waals surface area contributed by atoms with Crippen LogP contribution in [0.15, 0.2) is 64.0 Å². The Bertz CT molecular complexity index is 1120. The molecule has 0 saturated carbocycles. The second-order valence-electron chi connectivity index (χ2n) is 7.23. The molecule has 0 radical (unpaired) electrons. The van der Waals surface area contributed by atoms with Gasteiger partial charge in [0.1, 0.15) is 11.8 Å². The number of ether oxygens (including phenoxy) is 1. The number of thioether (sulfide) groups is 1. The summed E-state index contributed by atoms with van der Waals surface area (Å²) in [4.78, 5) is 30.3. The molecule has 7 heteroatoms. The van der Waals surface area contributed by atoms with E-state index in [1.54, 1.807) is 7.11 Å². The minimum atomic E-state index is -0.650. The molecule has 6 nitrogen and oxygen atoms in total. The number of fused-ring (bicyclic) bond motifs is 5. The van der Waals surface area contributed by atoms with Gasteiger partial charge >= 0.3 is 0 Å². The summed E-state index contributed by atoms with van der Waals surface area (Å²) in [7, 11) is 3.11. The van der Waals surface area contributed by atoms with Gasteiger partial charge in [0.05, 0.1) is 35.4 Å². The fourth-order valence-electron chi connectivity index (χ4n) is 4.50. The maximum atomic E-state index is 13.1. The van der Waals surface area contributed by atoms with Crippen molar-refractivity contribution in [3.8, 4) is 11.8 Å². The van der Waals surface area contributed by atoms with Gasteiger partial charge in [0.15, 0.2) is 0 Å². The van der Waals surface area contributed by atoms with Gasteiger partial charge in [0.2, 0.25) is 5.91 Å². The molecule has 0 bridgehead atoms. The highest BCUT2D eigenvalue weighted by molar-refractivity contribution is 8.03. The second kappa shape index (κ2) is 6.39. The Labute approximate surface area is 172 Å². The largest absolute Gasteiger partial charge is 0.497 e. The number of likely N-dealkylation sites (tertiary alicyclic amines) is 1. The van der Waals surface area contributed by atoms with Crippen molar-refractivity contribution < 1.29 is 14.3 Å². The van der Waals surface area contributed by atoms with Crippen molar-refractivity contribution in [3.63, 3.8) is 0 Å². The SMILES string of the molecule is COc1ccc([C@@H]2C(C#N)=C3Sc4ccccc4N3[C@@H]3C(=O)N(C)C(=O)[C@@H]32)cc1. The molecule has 2 aromatic carbocycles. The molecule has 29 heavy (non-hydrogen) atoms. The first-order chi connectivity index (χ1) is 14.1. The first kappa shape index (κ1) is 17.8. The van der Waals surface area contributed by atoms with Crippen LogP contribution in [0, 0.1) is 17.2 Å². The molecule has 0 unspecified atom stereocenters. The number of carbonyl (C=O) groups is 2. The summed E-state index contributed by atoms with van der Waals surface area (Å²) in [5, 5.41) is 10.8. The molecular weight excluding hydrogens is 386 g/mol. The minimum absolute atomic E-state index is 0.231. The number of para-hydroxylation sites is 1. The average molecular weight is 403 g/mol. The zero-order chi connectivity index (χ0) is 20.3. The van der Waals surface area contributed by atoms with E-state index in [0.29, 0.717) is 11.3 Å². The first-order valence-corrected chi connectivity index (χ1v) is 10.0. The number of methoxy groups -OCH3 is 1. The van der Waals surface area contributed by atoms with Crippen LogP contribution in [0.4, 0.5) is 5.69 Å². The Morgan fingerprint density at radius 2 is 1.79 bits per heavy atom. The molecule has 0 spiro atoms. The van der Waals surface area contributed by atoms with Gasteiger partial charge in [0, 0.05) is 17.9 Å². The normalized spacial score (nSPS) is 24.9. The van der Waals surface area contributed by atoms with Gasteiger partial charge in [-0.25, -0.2) is 0 Å². The molecule has 144 valence electrons. The molecule has 5 rings (SSSR count). The Balaban J connectivity index is 1.75. The molecule has 2 amide bonds. The van der Waals surface area contributed by atoms with Crippen molar-refractivity contribution in [1.29, 1.82) is 5.26 Å². The molecule has 1 fully saturated rings. The van der Waals surface area contributed by atoms with E-state index < -0.39 is 17.9 Å². The topological polar surface area (TPSA) is 73.6 Å². The minimum Gasteiger partial charge on any atom is -0.497 e. The Hall–Kier alpha value is -3.24. The Morgan fingerprint density at radius 3 is 2.48 bits per heavy atom. The molecule has 0 aliphatic carbocycles. The highest BCUT2D eigenvalue weighted by atomic mass is 32.2. The monoisotopic (exact) mass is 403 g/mol. The molecule has 3 aliphatic heterocycles. The van der Waals surface area contributed by atoms with Crippen LogP contribution in [0.3, 0.4) is 0 Å². The third-order valence-electron chi connectivity index (χ3n) is 5.86. The molecule has 3 atom stereocenters. The molecule has 3 aliphatic rings. The van der Waals surface area contributed by atoms with Crippen molar-refractivity contribution in [2.24, 2.45) is 5.92 Å². The number of benzene rings is 2. The molecular formula is C22H17N3O3S. The van der Waals surface area contributed by atoms with Crippen molar-refractivity contribution in [1.82, 2.24) is 4.90 Å². The maximum absolute atomic E-state index is 13.1. The lowest BCUT2D eigenvalue weighted by atomic mass is 9.75. The number of likely N-dealkylation sites (N-methyl/N-ethyl adjacent to an activating group) is 1. The molecule has 2 aromatic rings. The predicted octanol–water partition coefficient (Wildman–Crippen LogP) is 3.12. The summed E-state index contributed by atoms with van der Waals surface area (Å²) in [6, 6.07) is 16.8. The van der Waals surface area contributed by atoms with Crippen LogP contribution in [0.1, 0.15) is 11.5 Å². The maximum Gasteiger partial charge on any atom is 0.252 e. The van der Waals surface area contributed by atoms with Gasteiger partial charge in [-0.1, -0.05) is 36.0 Å². The Morgan fingerprint density at radius 1 is 1.07 bits per heavy atom. The number of allylic oxidation sites excluding steroid dienone is 1. The van der Waals surface area contributed by atoms with Crippen molar-refractivity contribution in [2.45, 2.75) is 16.9 Å². The van der Waals surface area contributed by atoms with Gasteiger partial charge < -0.3 is 9.64 Å². The van der Waals surface area contributed by atoms with Crippen molar-refractivity contribution >= 4 is 29.3 Å². The fraction of sp³-hybridized carbons (Fsp3) is 0.227. The number of anilines is 1. The lowest BCUT2D eigenvalue weighted by molar-refractivity contribution is -0.137. The summed E-state index contributed by atoms with van der Waals surface area (Å²) in [5.41, 5.74) is 2.23. The highest BCUT2D eigenvalue weighted by Gasteiger charge is 2.59. The third kappa shape index (κ3) is 2.36. The predicted molar refractivity (Wildman–Crippen MR) is 108 cm³/mol. The number of hydrogen-bond donors (Lipinski definition) is 0. The number of carbonyl (C=O) groups excluding carboxylic acids is 2. The van der Waals surface area contributed by atoms with Crippen LogP contribution in [0.2, 0.25) is 0 Å². The number of amides is 2. The number of imide groups is 1. The number of rotatable bonds is 2. The van der Waals surface area contributed by atoms with Gasteiger partial charge in [-0.2, -0.15) is 5.26 Å². The lowest BCUT2D eigenvalue weighted by Gasteiger charge is -2.38. The average Bonchev–Trinajstić information content (AvgIpc) is 3.24.